The SMILES string of the molecule is O=c1[nH]ccc2cc(-c3cncnc3)nc(Nc3ccc(-c4csc(C5CCOCC5)n4)cc3)c12. The zero-order chi connectivity index (χ0) is 23.6. The number of H-pyrrole nitrogens is 1. The van der Waals surface area contributed by atoms with Crippen molar-refractivity contribution in [3.8, 4) is 22.5 Å². The lowest BCUT2D eigenvalue weighted by Crippen LogP contribution is -2.13. The van der Waals surface area contributed by atoms with E-state index < -0.39 is 0 Å². The van der Waals surface area contributed by atoms with Crippen molar-refractivity contribution >= 4 is 33.6 Å². The molecule has 0 spiro atoms. The van der Waals surface area contributed by atoms with Crippen molar-refractivity contribution in [2.45, 2.75) is 18.8 Å². The van der Waals surface area contributed by atoms with E-state index in [-0.39, 0.29) is 5.56 Å². The average Bonchev–Trinajstić information content (AvgIpc) is 3.41. The van der Waals surface area contributed by atoms with Crippen LogP contribution in [0.1, 0.15) is 23.8 Å². The van der Waals surface area contributed by atoms with Gasteiger partial charge < -0.3 is 15.0 Å². The van der Waals surface area contributed by atoms with Gasteiger partial charge in [-0.25, -0.2) is 19.9 Å². The van der Waals surface area contributed by atoms with Gasteiger partial charge in [-0.05, 0) is 42.5 Å². The number of hydrogen-bond acceptors (Lipinski definition) is 8. The summed E-state index contributed by atoms with van der Waals surface area (Å²) in [6, 6.07) is 11.8. The van der Waals surface area contributed by atoms with Gasteiger partial charge in [0.2, 0.25) is 0 Å². The maximum Gasteiger partial charge on any atom is 0.259 e. The molecule has 0 radical (unpaired) electrons. The molecule has 0 unspecified atom stereocenters. The number of ether oxygens (including phenoxy) is 1. The summed E-state index contributed by atoms with van der Waals surface area (Å²) in [4.78, 5) is 33.2. The van der Waals surface area contributed by atoms with E-state index in [9.17, 15) is 4.79 Å². The minimum absolute atomic E-state index is 0.201. The van der Waals surface area contributed by atoms with Gasteiger partial charge in [-0.1, -0.05) is 12.1 Å². The van der Waals surface area contributed by atoms with Crippen LogP contribution < -0.4 is 10.9 Å². The van der Waals surface area contributed by atoms with Gasteiger partial charge in [0, 0.05) is 59.9 Å². The van der Waals surface area contributed by atoms with Crippen LogP contribution in [0.25, 0.3) is 33.3 Å². The quantitative estimate of drug-likeness (QED) is 0.357. The molecule has 1 aliphatic rings. The Kier molecular flexibility index (Phi) is 5.77. The summed E-state index contributed by atoms with van der Waals surface area (Å²) in [5.74, 6) is 0.967. The summed E-state index contributed by atoms with van der Waals surface area (Å²) in [6.45, 7) is 1.62. The number of anilines is 2. The van der Waals surface area contributed by atoms with Crippen LogP contribution in [0, 0.1) is 0 Å². The summed E-state index contributed by atoms with van der Waals surface area (Å²) in [5, 5.41) is 7.91. The Morgan fingerprint density at radius 1 is 0.971 bits per heavy atom. The first kappa shape index (κ1) is 21.6. The fourth-order valence-corrected chi connectivity index (χ4v) is 5.30. The van der Waals surface area contributed by atoms with Gasteiger partial charge in [-0.15, -0.1) is 11.3 Å². The molecule has 1 fully saturated rings. The summed E-state index contributed by atoms with van der Waals surface area (Å²) < 4.78 is 5.48. The van der Waals surface area contributed by atoms with E-state index in [0.29, 0.717) is 22.8 Å². The van der Waals surface area contributed by atoms with Crippen molar-refractivity contribution in [2.24, 2.45) is 0 Å². The molecule has 8 nitrogen and oxygen atoms in total. The van der Waals surface area contributed by atoms with Gasteiger partial charge in [0.15, 0.2) is 0 Å². The maximum absolute atomic E-state index is 12.6. The lowest BCUT2D eigenvalue weighted by atomic mass is 10.0. The van der Waals surface area contributed by atoms with Crippen molar-refractivity contribution in [3.05, 3.63) is 82.1 Å². The van der Waals surface area contributed by atoms with E-state index in [4.69, 9.17) is 14.7 Å². The number of hydrogen-bond donors (Lipinski definition) is 2. The average molecular weight is 483 g/mol. The van der Waals surface area contributed by atoms with Gasteiger partial charge in [0.25, 0.3) is 5.56 Å². The van der Waals surface area contributed by atoms with Gasteiger partial charge in [-0.2, -0.15) is 0 Å². The van der Waals surface area contributed by atoms with Crippen LogP contribution in [-0.2, 0) is 4.74 Å². The van der Waals surface area contributed by atoms with Crippen molar-refractivity contribution in [1.82, 2.24) is 24.9 Å². The Bertz CT molecular complexity index is 1530. The monoisotopic (exact) mass is 482 g/mol. The lowest BCUT2D eigenvalue weighted by Gasteiger charge is -2.19. The third kappa shape index (κ3) is 4.43. The fourth-order valence-electron chi connectivity index (χ4n) is 4.30. The molecule has 0 saturated carbocycles. The lowest BCUT2D eigenvalue weighted by molar-refractivity contribution is 0.0853. The smallest absolute Gasteiger partial charge is 0.259 e. The largest absolute Gasteiger partial charge is 0.381 e. The van der Waals surface area contributed by atoms with E-state index in [0.717, 1.165) is 53.9 Å². The third-order valence-corrected chi connectivity index (χ3v) is 7.15. The highest BCUT2D eigenvalue weighted by Gasteiger charge is 2.19. The predicted octanol–water partition coefficient (Wildman–Crippen LogP) is 5.14. The van der Waals surface area contributed by atoms with Crippen molar-refractivity contribution in [2.75, 3.05) is 18.5 Å². The molecule has 1 aromatic carbocycles. The molecular formula is C26H22N6O2S. The Balaban J connectivity index is 1.30. The second kappa shape index (κ2) is 9.36. The first-order valence-corrected chi connectivity index (χ1v) is 12.3. The number of nitrogens with one attached hydrogen (secondary N) is 2. The molecule has 9 heteroatoms. The molecule has 4 aromatic heterocycles. The number of benzene rings is 1. The number of rotatable bonds is 5. The van der Waals surface area contributed by atoms with Crippen molar-refractivity contribution in [1.29, 1.82) is 0 Å². The van der Waals surface area contributed by atoms with Crippen molar-refractivity contribution in [3.63, 3.8) is 0 Å². The standard InChI is InChI=1S/C26H22N6O2S/c33-25-23-18(5-8-29-25)11-21(19-12-27-15-28-13-19)31-24(23)30-20-3-1-16(2-4-20)22-14-35-26(32-22)17-6-9-34-10-7-17/h1-5,8,11-15,17H,6-7,9-10H2,(H,29,33)(H,30,31). The van der Waals surface area contributed by atoms with Gasteiger partial charge in [0.1, 0.15) is 12.1 Å². The molecule has 174 valence electrons. The van der Waals surface area contributed by atoms with E-state index in [1.807, 2.05) is 36.4 Å². The molecule has 0 amide bonds. The molecule has 6 rings (SSSR count). The number of aromatic nitrogens is 5. The second-order valence-electron chi connectivity index (χ2n) is 8.41. The molecule has 5 aromatic rings. The summed E-state index contributed by atoms with van der Waals surface area (Å²) in [5.41, 5.74) is 4.12. The van der Waals surface area contributed by atoms with Crippen LogP contribution >= 0.6 is 11.3 Å². The van der Waals surface area contributed by atoms with E-state index in [1.54, 1.807) is 29.9 Å². The predicted molar refractivity (Wildman–Crippen MR) is 137 cm³/mol. The van der Waals surface area contributed by atoms with Gasteiger partial charge >= 0.3 is 0 Å². The molecule has 0 atom stereocenters. The third-order valence-electron chi connectivity index (χ3n) is 6.15. The van der Waals surface area contributed by atoms with Crippen LogP contribution in [0.4, 0.5) is 11.5 Å². The van der Waals surface area contributed by atoms with Crippen LogP contribution in [0.5, 0.6) is 0 Å². The maximum atomic E-state index is 12.6. The number of nitrogens with zero attached hydrogens (tertiary/aromatic N) is 4. The Morgan fingerprint density at radius 3 is 2.57 bits per heavy atom. The number of aromatic amines is 1. The zero-order valence-corrected chi connectivity index (χ0v) is 19.6. The molecular weight excluding hydrogens is 460 g/mol. The normalized spacial score (nSPS) is 14.3. The fraction of sp³-hybridized carbons (Fsp3) is 0.192. The molecule has 1 aliphatic heterocycles. The Labute approximate surface area is 205 Å². The van der Waals surface area contributed by atoms with Crippen LogP contribution in [0.3, 0.4) is 0 Å². The Hall–Kier alpha value is -3.95. The number of thiazole rings is 1. The van der Waals surface area contributed by atoms with Gasteiger partial charge in [-0.3, -0.25) is 4.79 Å². The van der Waals surface area contributed by atoms with Gasteiger partial charge in [0.05, 0.1) is 21.8 Å². The van der Waals surface area contributed by atoms with E-state index >= 15 is 0 Å². The van der Waals surface area contributed by atoms with Crippen molar-refractivity contribution < 1.29 is 4.74 Å². The number of pyridine rings is 2. The molecule has 1 saturated heterocycles. The molecule has 0 aliphatic carbocycles. The Morgan fingerprint density at radius 2 is 1.77 bits per heavy atom. The van der Waals surface area contributed by atoms with E-state index in [1.165, 1.54) is 11.3 Å². The van der Waals surface area contributed by atoms with Crippen LogP contribution in [0.2, 0.25) is 0 Å². The summed E-state index contributed by atoms with van der Waals surface area (Å²) >= 11 is 1.72. The molecule has 35 heavy (non-hydrogen) atoms. The van der Waals surface area contributed by atoms with Crippen LogP contribution in [-0.4, -0.2) is 38.1 Å². The highest BCUT2D eigenvalue weighted by molar-refractivity contribution is 7.10. The zero-order valence-electron chi connectivity index (χ0n) is 18.8. The minimum Gasteiger partial charge on any atom is -0.381 e. The number of fused-ring (bicyclic) bond motifs is 1. The second-order valence-corrected chi connectivity index (χ2v) is 9.30. The summed E-state index contributed by atoms with van der Waals surface area (Å²) in [6.07, 6.45) is 8.58. The molecule has 0 bridgehead atoms. The van der Waals surface area contributed by atoms with E-state index in [2.05, 4.69) is 25.6 Å². The first-order chi connectivity index (χ1) is 17.2. The highest BCUT2D eigenvalue weighted by atomic mass is 32.1. The van der Waals surface area contributed by atoms with Crippen LogP contribution in [0.15, 0.2) is 71.5 Å². The minimum atomic E-state index is -0.201. The molecule has 5 heterocycles. The molecule has 2 N–H and O–H groups in total. The topological polar surface area (TPSA) is 106 Å². The first-order valence-electron chi connectivity index (χ1n) is 11.4. The summed E-state index contributed by atoms with van der Waals surface area (Å²) in [7, 11) is 0. The highest BCUT2D eigenvalue weighted by Crippen LogP contribution is 2.33.